The van der Waals surface area contributed by atoms with Gasteiger partial charge in [-0.3, -0.25) is 0 Å². The number of amides is 2. The Morgan fingerprint density at radius 2 is 0.896 bits per heavy atom. The Morgan fingerprint density at radius 3 is 1.23 bits per heavy atom. The van der Waals surface area contributed by atoms with Crippen molar-refractivity contribution in [2.45, 2.75) is 60.4 Å². The number of hydrogen-bond acceptors (Lipinski definition) is 2. The van der Waals surface area contributed by atoms with E-state index in [1.807, 2.05) is 12.1 Å². The number of carbonyl (C=O) groups excluding carboxylic acids is 2. The topological polar surface area (TPSA) is 58.2 Å². The molecule has 2 aliphatic rings. The molecule has 4 aromatic carbocycles. The molecule has 6 rings (SSSR count). The zero-order chi connectivity index (χ0) is 33.7. The maximum atomic E-state index is 14.5. The summed E-state index contributed by atoms with van der Waals surface area (Å²) < 4.78 is 7.56. The van der Waals surface area contributed by atoms with Crippen LogP contribution in [0.25, 0.3) is 34.4 Å². The second-order valence-electron chi connectivity index (χ2n) is 15.3. The summed E-state index contributed by atoms with van der Waals surface area (Å²) in [5.41, 5.74) is 12.2. The summed E-state index contributed by atoms with van der Waals surface area (Å²) in [4.78, 5) is 28.9. The average molecular weight is 807 g/mol. The van der Waals surface area contributed by atoms with Gasteiger partial charge in [-0.05, 0) is 0 Å². The molecule has 48 heavy (non-hydrogen) atoms. The third-order valence-electron chi connectivity index (χ3n) is 9.64. The Morgan fingerprint density at radius 1 is 0.542 bits per heavy atom. The van der Waals surface area contributed by atoms with E-state index in [0.717, 1.165) is 0 Å². The summed E-state index contributed by atoms with van der Waals surface area (Å²) >= 11 is -4.58. The minimum atomic E-state index is -4.58. The fourth-order valence-electron chi connectivity index (χ4n) is 7.29. The third kappa shape index (κ3) is 6.71. The van der Waals surface area contributed by atoms with Gasteiger partial charge in [0, 0.05) is 0 Å². The first-order valence-corrected chi connectivity index (χ1v) is 28.9. The second-order valence-corrected chi connectivity index (χ2v) is 33.5. The van der Waals surface area contributed by atoms with Crippen LogP contribution in [-0.2, 0) is 20.8 Å². The van der Waals surface area contributed by atoms with Crippen molar-refractivity contribution in [2.24, 2.45) is 0 Å². The van der Waals surface area contributed by atoms with Crippen LogP contribution in [-0.4, -0.2) is 47.0 Å². The number of allylic oxidation sites excluding steroid dienone is 2. The van der Waals surface area contributed by atoms with Crippen molar-refractivity contribution in [3.05, 3.63) is 130 Å². The molecule has 2 amide bonds. The van der Waals surface area contributed by atoms with Gasteiger partial charge in [0.2, 0.25) is 0 Å². The van der Waals surface area contributed by atoms with E-state index in [4.69, 9.17) is 0 Å². The number of fused-ring (bicyclic) bond motifs is 2. The molecule has 0 aliphatic heterocycles. The molecule has 2 aliphatic carbocycles. The Balaban J connectivity index is 0.00000451. The molecule has 0 saturated carbocycles. The van der Waals surface area contributed by atoms with Gasteiger partial charge >= 0.3 is 309 Å². The first kappa shape index (κ1) is 36.5. The number of hydrogen-bond donors (Lipinski definition) is 2. The van der Waals surface area contributed by atoms with Crippen molar-refractivity contribution in [3.63, 3.8) is 0 Å². The van der Waals surface area contributed by atoms with Gasteiger partial charge in [0.25, 0.3) is 0 Å². The van der Waals surface area contributed by atoms with Crippen molar-refractivity contribution < 1.29 is 30.4 Å². The summed E-state index contributed by atoms with van der Waals surface area (Å²) in [6, 6.07) is 34.2. The summed E-state index contributed by atoms with van der Waals surface area (Å²) in [6.07, 6.45) is 4.65. The molecule has 4 aromatic rings. The SMILES string of the molecule is CC1=Cc2c(-c3ccccc3)cccc2[CH]1[Zr]([NH]C(=O)[Si](C)(C)C)([NH]C(=O)[Si](C)(C)C)[CH]1C(C)=Cc2c(-c3ccccc3)cccc21.[GaH3]. The Kier molecular flexibility index (Phi) is 10.6. The fraction of sp³-hybridized carbons (Fsp3) is 0.250. The Bertz CT molecular complexity index is 1790. The third-order valence-corrected chi connectivity index (χ3v) is 25.2. The molecule has 2 unspecified atom stereocenters. The first-order valence-electron chi connectivity index (χ1n) is 16.6. The van der Waals surface area contributed by atoms with Gasteiger partial charge < -0.3 is 0 Å². The van der Waals surface area contributed by atoms with Gasteiger partial charge in [0.05, 0.1) is 0 Å². The summed E-state index contributed by atoms with van der Waals surface area (Å²) in [6.45, 7) is 17.1. The normalized spacial score (nSPS) is 17.0. The standard InChI is InChI=1S/2C16H13.2C4H11NOSi.Ga.Zr.3H/c2*1-12-10-14-8-5-9-15(16(14)11-12)13-6-3-2-4-7-13;2*1-7(2,3)4(5)6;;;;;/h2*2-11H,1H3;2*1-3H3,(H2,5,6);;;;;/q;;;;;+2;;;/p-2. The molecule has 0 radical (unpaired) electrons. The number of carbonyl (C=O) groups is 2. The van der Waals surface area contributed by atoms with E-state index < -0.39 is 37.0 Å². The van der Waals surface area contributed by atoms with Crippen molar-refractivity contribution in [3.8, 4) is 22.3 Å². The van der Waals surface area contributed by atoms with E-state index in [9.17, 15) is 9.59 Å². The van der Waals surface area contributed by atoms with Crippen LogP contribution in [0.15, 0.2) is 108 Å². The van der Waals surface area contributed by atoms with Crippen molar-refractivity contribution in [1.82, 2.24) is 6.52 Å². The zero-order valence-corrected chi connectivity index (χ0v) is 33.3. The summed E-state index contributed by atoms with van der Waals surface area (Å²) in [5.74, 6) is 0. The van der Waals surface area contributed by atoms with Crippen LogP contribution in [0.3, 0.4) is 0 Å². The molecule has 0 fully saturated rings. The molecule has 0 spiro atoms. The van der Waals surface area contributed by atoms with Gasteiger partial charge in [0.1, 0.15) is 0 Å². The van der Waals surface area contributed by atoms with Crippen molar-refractivity contribution in [2.75, 3.05) is 0 Å². The van der Waals surface area contributed by atoms with Crippen LogP contribution in [0.5, 0.6) is 0 Å². The maximum absolute atomic E-state index is 14.5. The zero-order valence-electron chi connectivity index (χ0n) is 28.9. The van der Waals surface area contributed by atoms with Crippen LogP contribution < -0.4 is 6.52 Å². The molecule has 4 nitrogen and oxygen atoms in total. The average Bonchev–Trinajstić information content (AvgIpc) is 3.56. The molecule has 8 heteroatoms. The number of benzene rings is 4. The van der Waals surface area contributed by atoms with Crippen LogP contribution in [0.4, 0.5) is 9.59 Å². The van der Waals surface area contributed by atoms with Gasteiger partial charge in [-0.25, -0.2) is 0 Å². The molecule has 0 saturated heterocycles. The molecule has 2 N–H and O–H groups in total. The fourth-order valence-corrected chi connectivity index (χ4v) is 27.8. The first-order chi connectivity index (χ1) is 22.2. The van der Waals surface area contributed by atoms with Crippen molar-refractivity contribution >= 4 is 59.2 Å². The van der Waals surface area contributed by atoms with Crippen LogP contribution >= 0.6 is 0 Å². The quantitative estimate of drug-likeness (QED) is 0.174. The van der Waals surface area contributed by atoms with E-state index in [2.05, 4.69) is 157 Å². The second kappa shape index (κ2) is 13.9. The van der Waals surface area contributed by atoms with Crippen LogP contribution in [0.2, 0.25) is 39.3 Å². The molecule has 0 aromatic heterocycles. The van der Waals surface area contributed by atoms with E-state index in [1.54, 1.807) is 0 Å². The Hall–Kier alpha value is -2.75. The van der Waals surface area contributed by atoms with Gasteiger partial charge in [-0.15, -0.1) is 0 Å². The van der Waals surface area contributed by atoms with E-state index in [0.29, 0.717) is 0 Å². The van der Waals surface area contributed by atoms with Gasteiger partial charge in [0.15, 0.2) is 0 Å². The number of rotatable bonds is 8. The summed E-state index contributed by atoms with van der Waals surface area (Å²) in [7, 11) is -4.60. The van der Waals surface area contributed by atoms with E-state index in [1.165, 1.54) is 55.7 Å². The number of nitrogens with one attached hydrogen (secondary N) is 2. The molecule has 2 atom stereocenters. The monoisotopic (exact) mass is 804 g/mol. The summed E-state index contributed by atoms with van der Waals surface area (Å²) in [5, 5.41) is 0. The van der Waals surface area contributed by atoms with Gasteiger partial charge in [-0.1, -0.05) is 0 Å². The van der Waals surface area contributed by atoms with Crippen molar-refractivity contribution in [1.29, 1.82) is 0 Å². The Labute approximate surface area is 306 Å². The molecular weight excluding hydrogens is 758 g/mol. The minimum absolute atomic E-state index is 0. The molecule has 246 valence electrons. The molecular formula is C40H49GaN2O2Si2Zr. The molecule has 0 bridgehead atoms. The van der Waals surface area contributed by atoms with Gasteiger partial charge in [-0.2, -0.15) is 0 Å². The predicted molar refractivity (Wildman–Crippen MR) is 210 cm³/mol. The predicted octanol–water partition coefficient (Wildman–Crippen LogP) is 9.70. The van der Waals surface area contributed by atoms with E-state index in [-0.39, 0.29) is 38.1 Å². The van der Waals surface area contributed by atoms with E-state index >= 15 is 0 Å². The molecule has 0 heterocycles. The van der Waals surface area contributed by atoms with Crippen LogP contribution in [0.1, 0.15) is 43.4 Å². The van der Waals surface area contributed by atoms with Crippen LogP contribution in [0, 0.1) is 0 Å².